The molecular weight excluding hydrogens is 250 g/mol. The Balaban J connectivity index is 1.91. The Hall–Kier alpha value is -1.94. The zero-order valence-corrected chi connectivity index (χ0v) is 11.6. The van der Waals surface area contributed by atoms with Crippen LogP contribution in [0.3, 0.4) is 0 Å². The first-order valence-corrected chi connectivity index (χ1v) is 7.07. The van der Waals surface area contributed by atoms with Crippen LogP contribution in [0.5, 0.6) is 0 Å². The quantitative estimate of drug-likeness (QED) is 0.880. The van der Waals surface area contributed by atoms with Crippen molar-refractivity contribution >= 4 is 22.5 Å². The summed E-state index contributed by atoms with van der Waals surface area (Å²) >= 11 is 0. The third-order valence-electron chi connectivity index (χ3n) is 4.14. The second-order valence-electron chi connectivity index (χ2n) is 5.52. The van der Waals surface area contributed by atoms with Gasteiger partial charge in [-0.25, -0.2) is 0 Å². The molecule has 0 radical (unpaired) electrons. The van der Waals surface area contributed by atoms with Crippen LogP contribution in [-0.4, -0.2) is 16.9 Å². The lowest BCUT2D eigenvalue weighted by molar-refractivity contribution is -0.120. The van der Waals surface area contributed by atoms with E-state index in [4.69, 9.17) is 5.73 Å². The number of anilines is 1. The molecule has 4 nitrogen and oxygen atoms in total. The fraction of sp³-hybridized carbons (Fsp3) is 0.375. The summed E-state index contributed by atoms with van der Waals surface area (Å²) < 4.78 is 0. The summed E-state index contributed by atoms with van der Waals surface area (Å²) in [5.41, 5.74) is 8.86. The molecule has 0 spiro atoms. The molecule has 1 aliphatic rings. The molecule has 2 unspecified atom stereocenters. The number of nitrogens with zero attached hydrogens (tertiary/aromatic N) is 1. The summed E-state index contributed by atoms with van der Waals surface area (Å²) in [4.78, 5) is 16.7. The van der Waals surface area contributed by atoms with Crippen LogP contribution in [0.1, 0.15) is 24.8 Å². The van der Waals surface area contributed by atoms with Crippen LogP contribution in [0.25, 0.3) is 10.9 Å². The fourth-order valence-electron chi connectivity index (χ4n) is 2.96. The molecule has 2 aromatic rings. The van der Waals surface area contributed by atoms with E-state index in [0.29, 0.717) is 0 Å². The standard InChI is InChI=1S/C16H19N3O/c1-10-7-8-14(12-5-3-9-18-15(10)12)19-16(20)11-4-2-6-13(11)17/h3,5,7-9,11,13H,2,4,6,17H2,1H3,(H,19,20). The van der Waals surface area contributed by atoms with Gasteiger partial charge in [-0.3, -0.25) is 9.78 Å². The molecular formula is C16H19N3O. The fourth-order valence-corrected chi connectivity index (χ4v) is 2.96. The van der Waals surface area contributed by atoms with Crippen molar-refractivity contribution in [3.05, 3.63) is 36.0 Å². The van der Waals surface area contributed by atoms with Crippen molar-refractivity contribution in [2.45, 2.75) is 32.2 Å². The average Bonchev–Trinajstić information content (AvgIpc) is 2.88. The van der Waals surface area contributed by atoms with Gasteiger partial charge < -0.3 is 11.1 Å². The molecule has 1 aromatic carbocycles. The Morgan fingerprint density at radius 1 is 1.35 bits per heavy atom. The molecule has 1 aliphatic carbocycles. The van der Waals surface area contributed by atoms with E-state index in [-0.39, 0.29) is 17.9 Å². The van der Waals surface area contributed by atoms with Gasteiger partial charge in [0.1, 0.15) is 0 Å². The first-order chi connectivity index (χ1) is 9.66. The summed E-state index contributed by atoms with van der Waals surface area (Å²) in [6.07, 6.45) is 4.63. The molecule has 1 heterocycles. The van der Waals surface area contributed by atoms with Gasteiger partial charge in [0.05, 0.1) is 17.1 Å². The predicted molar refractivity (Wildman–Crippen MR) is 80.4 cm³/mol. The number of hydrogen-bond acceptors (Lipinski definition) is 3. The number of aromatic nitrogens is 1. The Labute approximate surface area is 118 Å². The zero-order chi connectivity index (χ0) is 14.1. The Morgan fingerprint density at radius 2 is 2.20 bits per heavy atom. The molecule has 1 saturated carbocycles. The zero-order valence-electron chi connectivity index (χ0n) is 11.6. The highest BCUT2D eigenvalue weighted by Crippen LogP contribution is 2.28. The Bertz CT molecular complexity index is 653. The predicted octanol–water partition coefficient (Wildman–Crippen LogP) is 2.61. The maximum atomic E-state index is 12.3. The van der Waals surface area contributed by atoms with Crippen LogP contribution in [0.2, 0.25) is 0 Å². The van der Waals surface area contributed by atoms with Gasteiger partial charge in [0.2, 0.25) is 5.91 Å². The number of benzene rings is 1. The SMILES string of the molecule is Cc1ccc(NC(=O)C2CCCC2N)c2cccnc12. The van der Waals surface area contributed by atoms with Gasteiger partial charge in [-0.15, -0.1) is 0 Å². The van der Waals surface area contributed by atoms with Gasteiger partial charge in [-0.2, -0.15) is 0 Å². The van der Waals surface area contributed by atoms with Crippen LogP contribution in [0.15, 0.2) is 30.5 Å². The van der Waals surface area contributed by atoms with Crippen molar-refractivity contribution in [1.82, 2.24) is 4.98 Å². The molecule has 1 fully saturated rings. The van der Waals surface area contributed by atoms with Crippen LogP contribution >= 0.6 is 0 Å². The number of amides is 1. The Morgan fingerprint density at radius 3 is 2.95 bits per heavy atom. The van der Waals surface area contributed by atoms with E-state index in [1.165, 1.54) is 0 Å². The number of aryl methyl sites for hydroxylation is 1. The van der Waals surface area contributed by atoms with E-state index < -0.39 is 0 Å². The second-order valence-corrected chi connectivity index (χ2v) is 5.52. The van der Waals surface area contributed by atoms with Crippen molar-refractivity contribution in [2.75, 3.05) is 5.32 Å². The van der Waals surface area contributed by atoms with E-state index in [1.807, 2.05) is 31.2 Å². The maximum absolute atomic E-state index is 12.3. The normalized spacial score (nSPS) is 22.1. The smallest absolute Gasteiger partial charge is 0.229 e. The highest BCUT2D eigenvalue weighted by molar-refractivity contribution is 6.02. The number of nitrogens with two attached hydrogens (primary N) is 1. The maximum Gasteiger partial charge on any atom is 0.229 e. The first-order valence-electron chi connectivity index (χ1n) is 7.07. The summed E-state index contributed by atoms with van der Waals surface area (Å²) in [6.45, 7) is 2.02. The number of hydrogen-bond donors (Lipinski definition) is 2. The Kier molecular flexibility index (Phi) is 3.40. The summed E-state index contributed by atoms with van der Waals surface area (Å²) in [7, 11) is 0. The van der Waals surface area contributed by atoms with Crippen LogP contribution in [-0.2, 0) is 4.79 Å². The molecule has 4 heteroatoms. The monoisotopic (exact) mass is 269 g/mol. The number of carbonyl (C=O) groups excluding carboxylic acids is 1. The van der Waals surface area contributed by atoms with Gasteiger partial charge in [-0.1, -0.05) is 12.5 Å². The van der Waals surface area contributed by atoms with Crippen LogP contribution < -0.4 is 11.1 Å². The molecule has 2 atom stereocenters. The molecule has 3 N–H and O–H groups in total. The minimum Gasteiger partial charge on any atom is -0.327 e. The third-order valence-corrected chi connectivity index (χ3v) is 4.14. The minimum absolute atomic E-state index is 0.00941. The van der Waals surface area contributed by atoms with Crippen LogP contribution in [0.4, 0.5) is 5.69 Å². The number of rotatable bonds is 2. The van der Waals surface area contributed by atoms with Gasteiger partial charge in [0.15, 0.2) is 0 Å². The molecule has 3 rings (SSSR count). The van der Waals surface area contributed by atoms with Gasteiger partial charge in [0, 0.05) is 17.6 Å². The highest BCUT2D eigenvalue weighted by atomic mass is 16.1. The summed E-state index contributed by atoms with van der Waals surface area (Å²) in [5, 5.41) is 4.00. The lowest BCUT2D eigenvalue weighted by Gasteiger charge is -2.16. The molecule has 0 aliphatic heterocycles. The number of fused-ring (bicyclic) bond motifs is 1. The molecule has 0 bridgehead atoms. The summed E-state index contributed by atoms with van der Waals surface area (Å²) in [5.74, 6) is -0.0352. The van der Waals surface area contributed by atoms with Crippen molar-refractivity contribution in [3.8, 4) is 0 Å². The number of pyridine rings is 1. The van der Waals surface area contributed by atoms with Gasteiger partial charge in [-0.05, 0) is 43.5 Å². The van der Waals surface area contributed by atoms with E-state index in [9.17, 15) is 4.79 Å². The van der Waals surface area contributed by atoms with Gasteiger partial charge in [0.25, 0.3) is 0 Å². The van der Waals surface area contributed by atoms with Crippen molar-refractivity contribution in [3.63, 3.8) is 0 Å². The van der Waals surface area contributed by atoms with E-state index >= 15 is 0 Å². The van der Waals surface area contributed by atoms with Crippen LogP contribution in [0, 0.1) is 12.8 Å². The van der Waals surface area contributed by atoms with Crippen molar-refractivity contribution < 1.29 is 4.79 Å². The lowest BCUT2D eigenvalue weighted by Crippen LogP contribution is -2.34. The lowest BCUT2D eigenvalue weighted by atomic mass is 10.0. The minimum atomic E-state index is -0.0666. The second kappa shape index (κ2) is 5.21. The largest absolute Gasteiger partial charge is 0.327 e. The van der Waals surface area contributed by atoms with E-state index in [2.05, 4.69) is 10.3 Å². The number of nitrogens with one attached hydrogen (secondary N) is 1. The van der Waals surface area contributed by atoms with Crippen molar-refractivity contribution in [1.29, 1.82) is 0 Å². The van der Waals surface area contributed by atoms with Crippen molar-refractivity contribution in [2.24, 2.45) is 11.7 Å². The average molecular weight is 269 g/mol. The van der Waals surface area contributed by atoms with E-state index in [1.54, 1.807) is 6.20 Å². The van der Waals surface area contributed by atoms with Gasteiger partial charge >= 0.3 is 0 Å². The number of carbonyl (C=O) groups is 1. The topological polar surface area (TPSA) is 68.0 Å². The third kappa shape index (κ3) is 2.27. The van der Waals surface area contributed by atoms with E-state index in [0.717, 1.165) is 41.4 Å². The first kappa shape index (κ1) is 13.1. The highest BCUT2D eigenvalue weighted by Gasteiger charge is 2.30. The molecule has 0 saturated heterocycles. The summed E-state index contributed by atoms with van der Waals surface area (Å²) in [6, 6.07) is 7.79. The molecule has 104 valence electrons. The molecule has 1 aromatic heterocycles. The molecule has 20 heavy (non-hydrogen) atoms. The molecule has 1 amide bonds.